The van der Waals surface area contributed by atoms with E-state index in [4.69, 9.17) is 19.4 Å². The highest BCUT2D eigenvalue weighted by Gasteiger charge is 2.06. The van der Waals surface area contributed by atoms with Crippen molar-refractivity contribution in [2.24, 2.45) is 0 Å². The van der Waals surface area contributed by atoms with Crippen LogP contribution < -0.4 is 0 Å². The number of hydrogen-bond acceptors (Lipinski definition) is 0. The van der Waals surface area contributed by atoms with E-state index in [1.807, 2.05) is 18.2 Å². The first-order chi connectivity index (χ1) is 9.72. The molecule has 2 heteroatoms. The number of hydrogen-bond donors (Lipinski definition) is 0. The Kier molecular flexibility index (Phi) is 3.80. The minimum absolute atomic E-state index is 0.758. The summed E-state index contributed by atoms with van der Waals surface area (Å²) in [5.41, 5.74) is 5.66. The van der Waals surface area contributed by atoms with Crippen LogP contribution in [-0.4, -0.2) is 7.85 Å². The van der Waals surface area contributed by atoms with Gasteiger partial charge in [0.05, 0.1) is 0 Å². The molecule has 0 N–H and O–H groups in total. The van der Waals surface area contributed by atoms with E-state index in [1.54, 1.807) is 0 Å². The Morgan fingerprint density at radius 3 is 2.35 bits per heavy atom. The monoisotopic (exact) mass is 276 g/mol. The van der Waals surface area contributed by atoms with Crippen molar-refractivity contribution >= 4 is 25.0 Å². The third-order valence-electron chi connectivity index (χ3n) is 3.49. The Bertz CT molecular complexity index is 698. The van der Waals surface area contributed by atoms with E-state index in [-0.39, 0.29) is 0 Å². The van der Waals surface area contributed by atoms with E-state index in [2.05, 4.69) is 42.5 Å². The third kappa shape index (κ3) is 2.89. The van der Waals surface area contributed by atoms with E-state index in [0.717, 1.165) is 28.9 Å². The summed E-state index contributed by atoms with van der Waals surface area (Å²) in [4.78, 5) is 0. The second kappa shape index (κ2) is 5.72. The largest absolute Gasteiger partial charge is 0.117 e. The van der Waals surface area contributed by atoms with Crippen LogP contribution in [0.5, 0.6) is 0 Å². The van der Waals surface area contributed by atoms with Crippen LogP contribution in [0, 0.1) is 0 Å². The smallest absolute Gasteiger partial charge is 0.107 e. The molecule has 0 amide bonds. The van der Waals surface area contributed by atoms with Gasteiger partial charge in [0.2, 0.25) is 0 Å². The van der Waals surface area contributed by atoms with Crippen LogP contribution in [0.4, 0.5) is 0 Å². The molecule has 2 aromatic carbocycles. The van der Waals surface area contributed by atoms with E-state index in [9.17, 15) is 0 Å². The molecule has 2 aromatic rings. The van der Waals surface area contributed by atoms with Gasteiger partial charge in [0.1, 0.15) is 7.85 Å². The molecule has 0 spiro atoms. The van der Waals surface area contributed by atoms with Crippen molar-refractivity contribution in [1.82, 2.24) is 0 Å². The molecule has 2 radical (unpaired) electrons. The molecular formula is C18H14BCl. The molecule has 3 rings (SSSR count). The zero-order valence-electron chi connectivity index (χ0n) is 11.1. The van der Waals surface area contributed by atoms with Gasteiger partial charge < -0.3 is 0 Å². The van der Waals surface area contributed by atoms with Crippen LogP contribution in [0.25, 0.3) is 16.7 Å². The van der Waals surface area contributed by atoms with Crippen molar-refractivity contribution < 1.29 is 0 Å². The highest BCUT2D eigenvalue weighted by Crippen LogP contribution is 2.29. The summed E-state index contributed by atoms with van der Waals surface area (Å²) in [5, 5.41) is 0.758. The molecule has 0 nitrogen and oxygen atoms in total. The number of benzene rings is 2. The summed E-state index contributed by atoms with van der Waals surface area (Å²) in [6.07, 6.45) is 6.28. The fourth-order valence-corrected chi connectivity index (χ4v) is 2.66. The molecule has 0 aromatic heterocycles. The van der Waals surface area contributed by atoms with Crippen LogP contribution >= 0.6 is 11.6 Å². The summed E-state index contributed by atoms with van der Waals surface area (Å²) >= 11 is 6.06. The number of rotatable bonds is 2. The molecule has 0 saturated heterocycles. The van der Waals surface area contributed by atoms with E-state index >= 15 is 0 Å². The van der Waals surface area contributed by atoms with Gasteiger partial charge in [-0.3, -0.25) is 0 Å². The van der Waals surface area contributed by atoms with Crippen molar-refractivity contribution in [1.29, 1.82) is 0 Å². The van der Waals surface area contributed by atoms with E-state index < -0.39 is 0 Å². The van der Waals surface area contributed by atoms with Crippen molar-refractivity contribution in [3.8, 4) is 11.1 Å². The second-order valence-electron chi connectivity index (χ2n) is 5.01. The molecule has 96 valence electrons. The lowest BCUT2D eigenvalue weighted by atomic mass is 9.83. The van der Waals surface area contributed by atoms with Crippen molar-refractivity contribution in [2.75, 3.05) is 0 Å². The van der Waals surface area contributed by atoms with Crippen LogP contribution in [-0.2, 0) is 0 Å². The van der Waals surface area contributed by atoms with Crippen molar-refractivity contribution in [3.63, 3.8) is 0 Å². The second-order valence-corrected chi connectivity index (χ2v) is 5.44. The average Bonchev–Trinajstić information content (AvgIpc) is 2.47. The zero-order chi connectivity index (χ0) is 13.9. The minimum atomic E-state index is 0.758. The standard InChI is InChI=1S/C18H14BCl/c19-17-8-2-6-15(11-17)13-4-1-5-14(10-13)16-7-3-9-18(20)12-16/h1,3-7,9-12H,2,8H2. The molecule has 0 atom stereocenters. The molecule has 0 saturated carbocycles. The predicted octanol–water partition coefficient (Wildman–Crippen LogP) is 5.24. The quantitative estimate of drug-likeness (QED) is 0.658. The lowest BCUT2D eigenvalue weighted by Gasteiger charge is -2.12. The maximum atomic E-state index is 6.06. The SMILES string of the molecule is [B]C1=CC(c2cccc(-c3cccc(Cl)c3)c2)=CCC1. The molecule has 0 unspecified atom stereocenters. The summed E-state index contributed by atoms with van der Waals surface area (Å²) in [5.74, 6) is 0. The van der Waals surface area contributed by atoms with Crippen LogP contribution in [0.3, 0.4) is 0 Å². The van der Waals surface area contributed by atoms with Crippen LogP contribution in [0.2, 0.25) is 5.02 Å². The number of allylic oxidation sites excluding steroid dienone is 4. The Morgan fingerprint density at radius 2 is 1.60 bits per heavy atom. The summed E-state index contributed by atoms with van der Waals surface area (Å²) in [6.45, 7) is 0. The molecule has 20 heavy (non-hydrogen) atoms. The first kappa shape index (κ1) is 13.3. The summed E-state index contributed by atoms with van der Waals surface area (Å²) in [6, 6.07) is 16.4. The molecule has 0 bridgehead atoms. The van der Waals surface area contributed by atoms with Crippen molar-refractivity contribution in [3.05, 3.63) is 76.7 Å². The van der Waals surface area contributed by atoms with Gasteiger partial charge in [0.15, 0.2) is 0 Å². The Hall–Kier alpha value is -1.73. The van der Waals surface area contributed by atoms with Gasteiger partial charge in [-0.2, -0.15) is 0 Å². The zero-order valence-corrected chi connectivity index (χ0v) is 11.9. The lowest BCUT2D eigenvalue weighted by Crippen LogP contribution is -1.92. The van der Waals surface area contributed by atoms with E-state index in [1.165, 1.54) is 16.7 Å². The number of halogens is 1. The van der Waals surface area contributed by atoms with E-state index in [0.29, 0.717) is 0 Å². The highest BCUT2D eigenvalue weighted by molar-refractivity contribution is 6.30. The molecule has 1 aliphatic rings. The molecule has 0 heterocycles. The predicted molar refractivity (Wildman–Crippen MR) is 87.9 cm³/mol. The van der Waals surface area contributed by atoms with Gasteiger partial charge in [0.25, 0.3) is 0 Å². The fraction of sp³-hybridized carbons (Fsp3) is 0.111. The Balaban J connectivity index is 2.00. The topological polar surface area (TPSA) is 0 Å². The maximum Gasteiger partial charge on any atom is 0.107 e. The van der Waals surface area contributed by atoms with Gasteiger partial charge in [-0.1, -0.05) is 54.1 Å². The molecule has 1 aliphatic carbocycles. The van der Waals surface area contributed by atoms with Crippen molar-refractivity contribution in [2.45, 2.75) is 12.8 Å². The fourth-order valence-electron chi connectivity index (χ4n) is 2.47. The van der Waals surface area contributed by atoms with Gasteiger partial charge in [-0.25, -0.2) is 0 Å². The highest BCUT2D eigenvalue weighted by atomic mass is 35.5. The van der Waals surface area contributed by atoms with Gasteiger partial charge >= 0.3 is 0 Å². The first-order valence-corrected chi connectivity index (χ1v) is 7.13. The Labute approximate surface area is 126 Å². The lowest BCUT2D eigenvalue weighted by molar-refractivity contribution is 1.02. The van der Waals surface area contributed by atoms with Crippen LogP contribution in [0.1, 0.15) is 18.4 Å². The maximum absolute atomic E-state index is 6.06. The summed E-state index contributed by atoms with van der Waals surface area (Å²) in [7, 11) is 5.93. The normalized spacial score (nSPS) is 14.7. The van der Waals surface area contributed by atoms with Gasteiger partial charge in [-0.05, 0) is 53.3 Å². The molecular weight excluding hydrogens is 262 g/mol. The van der Waals surface area contributed by atoms with Gasteiger partial charge in [-0.15, -0.1) is 5.47 Å². The van der Waals surface area contributed by atoms with Gasteiger partial charge in [0, 0.05) is 5.02 Å². The minimum Gasteiger partial charge on any atom is -0.117 e. The molecule has 0 fully saturated rings. The Morgan fingerprint density at radius 1 is 0.900 bits per heavy atom. The molecule has 0 aliphatic heterocycles. The first-order valence-electron chi connectivity index (χ1n) is 6.75. The van der Waals surface area contributed by atoms with Crippen LogP contribution in [0.15, 0.2) is 66.2 Å². The summed E-state index contributed by atoms with van der Waals surface area (Å²) < 4.78 is 0. The average molecular weight is 277 g/mol. The third-order valence-corrected chi connectivity index (χ3v) is 3.73.